The maximum absolute atomic E-state index is 3.70. The number of anilines is 1. The molecule has 0 aromatic heterocycles. The van der Waals surface area contributed by atoms with Crippen LogP contribution in [0.5, 0.6) is 0 Å². The van der Waals surface area contributed by atoms with Crippen LogP contribution in [-0.2, 0) is 0 Å². The van der Waals surface area contributed by atoms with Gasteiger partial charge in [0.25, 0.3) is 0 Å². The van der Waals surface area contributed by atoms with E-state index < -0.39 is 0 Å². The van der Waals surface area contributed by atoms with Crippen molar-refractivity contribution in [3.63, 3.8) is 0 Å². The van der Waals surface area contributed by atoms with Crippen molar-refractivity contribution in [2.24, 2.45) is 0 Å². The smallest absolute Gasteiger partial charge is 0.0344 e. The number of hydrogen-bond donors (Lipinski definition) is 1. The molecule has 0 radical (unpaired) electrons. The monoisotopic (exact) mass is 246 g/mol. The van der Waals surface area contributed by atoms with Crippen molar-refractivity contribution >= 4 is 5.69 Å². The molecule has 0 aliphatic carbocycles. The molecule has 2 nitrogen and oxygen atoms in total. The minimum absolute atomic E-state index is 0.647. The summed E-state index contributed by atoms with van der Waals surface area (Å²) in [5.41, 5.74) is 2.62. The number of aryl methyl sites for hydroxylation is 1. The van der Waals surface area contributed by atoms with E-state index in [1.165, 1.54) is 56.6 Å². The van der Waals surface area contributed by atoms with Gasteiger partial charge in [0.2, 0.25) is 0 Å². The Morgan fingerprint density at radius 2 is 2.17 bits per heavy atom. The molecular weight excluding hydrogens is 220 g/mol. The fraction of sp³-hybridized carbons (Fsp3) is 0.625. The molecule has 1 saturated heterocycles. The Hall–Kier alpha value is -1.02. The van der Waals surface area contributed by atoms with Gasteiger partial charge in [0.15, 0.2) is 0 Å². The molecule has 0 spiro atoms. The minimum Gasteiger partial charge on any atom is -0.382 e. The van der Waals surface area contributed by atoms with Gasteiger partial charge in [0.1, 0.15) is 0 Å². The summed E-state index contributed by atoms with van der Waals surface area (Å²) in [7, 11) is 0. The van der Waals surface area contributed by atoms with Gasteiger partial charge in [-0.2, -0.15) is 0 Å². The van der Waals surface area contributed by atoms with Gasteiger partial charge in [-0.05, 0) is 63.4 Å². The van der Waals surface area contributed by atoms with Crippen LogP contribution in [0.3, 0.4) is 0 Å². The van der Waals surface area contributed by atoms with Crippen LogP contribution in [-0.4, -0.2) is 30.6 Å². The highest BCUT2D eigenvalue weighted by molar-refractivity contribution is 5.46. The second-order valence-electron chi connectivity index (χ2n) is 5.48. The molecule has 1 aromatic rings. The van der Waals surface area contributed by atoms with Crippen molar-refractivity contribution in [1.29, 1.82) is 0 Å². The fourth-order valence-corrected chi connectivity index (χ4v) is 2.81. The van der Waals surface area contributed by atoms with Crippen LogP contribution in [0.4, 0.5) is 5.69 Å². The standard InChI is InChI=1S/C16H26N2/c1-3-10-18-11-5-8-15(9-12-18)17-16-7-4-6-14(2)13-16/h4,6-7,13,15,17H,3,5,8-12H2,1-2H3. The summed E-state index contributed by atoms with van der Waals surface area (Å²) >= 11 is 0. The van der Waals surface area contributed by atoms with Crippen LogP contribution in [0.1, 0.15) is 38.2 Å². The first-order valence-corrected chi connectivity index (χ1v) is 7.33. The van der Waals surface area contributed by atoms with E-state index in [-0.39, 0.29) is 0 Å². The van der Waals surface area contributed by atoms with Gasteiger partial charge in [-0.25, -0.2) is 0 Å². The first-order chi connectivity index (χ1) is 8.78. The van der Waals surface area contributed by atoms with Gasteiger partial charge in [0, 0.05) is 18.3 Å². The molecule has 1 heterocycles. The summed E-state index contributed by atoms with van der Waals surface area (Å²) in [5, 5.41) is 3.70. The molecule has 1 aliphatic rings. The Balaban J connectivity index is 1.87. The van der Waals surface area contributed by atoms with E-state index in [2.05, 4.69) is 48.3 Å². The van der Waals surface area contributed by atoms with Gasteiger partial charge in [-0.15, -0.1) is 0 Å². The summed E-state index contributed by atoms with van der Waals surface area (Å²) in [4.78, 5) is 2.61. The Bertz CT molecular complexity index is 362. The fourth-order valence-electron chi connectivity index (χ4n) is 2.81. The summed E-state index contributed by atoms with van der Waals surface area (Å²) in [6.45, 7) is 8.21. The molecule has 1 fully saturated rings. The van der Waals surface area contributed by atoms with Gasteiger partial charge < -0.3 is 10.2 Å². The summed E-state index contributed by atoms with van der Waals surface area (Å²) in [6.07, 6.45) is 5.17. The molecule has 0 bridgehead atoms. The highest BCUT2D eigenvalue weighted by atomic mass is 15.1. The molecule has 1 atom stereocenters. The molecule has 18 heavy (non-hydrogen) atoms. The van der Waals surface area contributed by atoms with E-state index in [0.29, 0.717) is 6.04 Å². The van der Waals surface area contributed by atoms with E-state index in [0.717, 1.165) is 0 Å². The van der Waals surface area contributed by atoms with E-state index in [9.17, 15) is 0 Å². The van der Waals surface area contributed by atoms with Crippen LogP contribution < -0.4 is 5.32 Å². The number of hydrogen-bond acceptors (Lipinski definition) is 2. The molecule has 0 saturated carbocycles. The lowest BCUT2D eigenvalue weighted by molar-refractivity contribution is 0.285. The van der Waals surface area contributed by atoms with E-state index in [4.69, 9.17) is 0 Å². The number of nitrogens with zero attached hydrogens (tertiary/aromatic N) is 1. The van der Waals surface area contributed by atoms with Gasteiger partial charge >= 0.3 is 0 Å². The second-order valence-corrected chi connectivity index (χ2v) is 5.48. The molecule has 2 rings (SSSR count). The number of benzene rings is 1. The predicted molar refractivity (Wildman–Crippen MR) is 79.2 cm³/mol. The number of nitrogens with one attached hydrogen (secondary N) is 1. The number of rotatable bonds is 4. The molecule has 0 amide bonds. The Kier molecular flexibility index (Phi) is 5.06. The van der Waals surface area contributed by atoms with Crippen molar-refractivity contribution in [2.75, 3.05) is 25.0 Å². The largest absolute Gasteiger partial charge is 0.382 e. The van der Waals surface area contributed by atoms with Crippen LogP contribution in [0.25, 0.3) is 0 Å². The molecule has 1 N–H and O–H groups in total. The average Bonchev–Trinajstić information content (AvgIpc) is 2.56. The van der Waals surface area contributed by atoms with Crippen molar-refractivity contribution in [3.8, 4) is 0 Å². The average molecular weight is 246 g/mol. The first-order valence-electron chi connectivity index (χ1n) is 7.33. The summed E-state index contributed by atoms with van der Waals surface area (Å²) in [5.74, 6) is 0. The highest BCUT2D eigenvalue weighted by Crippen LogP contribution is 2.17. The van der Waals surface area contributed by atoms with Gasteiger partial charge in [-0.1, -0.05) is 19.1 Å². The zero-order chi connectivity index (χ0) is 12.8. The molecular formula is C16H26N2. The van der Waals surface area contributed by atoms with E-state index >= 15 is 0 Å². The number of likely N-dealkylation sites (tertiary alicyclic amines) is 1. The predicted octanol–water partition coefficient (Wildman–Crippen LogP) is 3.67. The van der Waals surface area contributed by atoms with Crippen molar-refractivity contribution in [1.82, 2.24) is 4.90 Å². The molecule has 1 aliphatic heterocycles. The molecule has 2 heteroatoms. The van der Waals surface area contributed by atoms with Crippen LogP contribution >= 0.6 is 0 Å². The van der Waals surface area contributed by atoms with Crippen molar-refractivity contribution < 1.29 is 0 Å². The topological polar surface area (TPSA) is 15.3 Å². The quantitative estimate of drug-likeness (QED) is 0.872. The third kappa shape index (κ3) is 4.02. The lowest BCUT2D eigenvalue weighted by Gasteiger charge is -2.20. The molecule has 1 aromatic carbocycles. The summed E-state index contributed by atoms with van der Waals surface area (Å²) < 4.78 is 0. The lowest BCUT2D eigenvalue weighted by Crippen LogP contribution is -2.27. The van der Waals surface area contributed by atoms with Crippen LogP contribution in [0, 0.1) is 6.92 Å². The van der Waals surface area contributed by atoms with E-state index in [1.807, 2.05) is 0 Å². The Morgan fingerprint density at radius 1 is 1.28 bits per heavy atom. The molecule has 100 valence electrons. The maximum atomic E-state index is 3.70. The third-order valence-corrected chi connectivity index (χ3v) is 3.75. The van der Waals surface area contributed by atoms with Crippen LogP contribution in [0.2, 0.25) is 0 Å². The first kappa shape index (κ1) is 13.4. The van der Waals surface area contributed by atoms with Crippen molar-refractivity contribution in [2.45, 2.75) is 45.6 Å². The summed E-state index contributed by atoms with van der Waals surface area (Å²) in [6, 6.07) is 9.36. The normalized spacial score (nSPS) is 21.6. The van der Waals surface area contributed by atoms with E-state index in [1.54, 1.807) is 0 Å². The zero-order valence-corrected chi connectivity index (χ0v) is 11.8. The van der Waals surface area contributed by atoms with Crippen LogP contribution in [0.15, 0.2) is 24.3 Å². The Morgan fingerprint density at radius 3 is 2.94 bits per heavy atom. The zero-order valence-electron chi connectivity index (χ0n) is 11.8. The lowest BCUT2D eigenvalue weighted by atomic mass is 10.1. The minimum atomic E-state index is 0.647. The van der Waals surface area contributed by atoms with Gasteiger partial charge in [-0.3, -0.25) is 0 Å². The second kappa shape index (κ2) is 6.79. The highest BCUT2D eigenvalue weighted by Gasteiger charge is 2.16. The Labute approximate surface area is 111 Å². The SMILES string of the molecule is CCCN1CCCC(Nc2cccc(C)c2)CC1. The van der Waals surface area contributed by atoms with Gasteiger partial charge in [0.05, 0.1) is 0 Å². The maximum Gasteiger partial charge on any atom is 0.0344 e. The molecule has 1 unspecified atom stereocenters. The van der Waals surface area contributed by atoms with Crippen molar-refractivity contribution in [3.05, 3.63) is 29.8 Å². The third-order valence-electron chi connectivity index (χ3n) is 3.75.